The van der Waals surface area contributed by atoms with E-state index in [1.807, 2.05) is 14.1 Å². The summed E-state index contributed by atoms with van der Waals surface area (Å²) < 4.78 is 21.7. The topological polar surface area (TPSA) is 59.9 Å². The van der Waals surface area contributed by atoms with E-state index in [9.17, 15) is 8.42 Å². The average molecular weight is 197 g/mol. The number of rotatable bonds is 3. The van der Waals surface area contributed by atoms with Crippen molar-refractivity contribution in [3.8, 4) is 0 Å². The van der Waals surface area contributed by atoms with Crippen molar-refractivity contribution in [2.45, 2.75) is 12.6 Å². The Balaban J connectivity index is 2.81. The Labute approximate surface area is 78.6 Å². The summed E-state index contributed by atoms with van der Waals surface area (Å²) in [6.07, 6.45) is 4.37. The van der Waals surface area contributed by atoms with Crippen molar-refractivity contribution in [3.05, 3.63) is 18.2 Å². The van der Waals surface area contributed by atoms with Gasteiger partial charge in [0.15, 0.2) is 17.1 Å². The summed E-state index contributed by atoms with van der Waals surface area (Å²) in [6.45, 7) is 1.87. The number of sulfone groups is 1. The van der Waals surface area contributed by atoms with Gasteiger partial charge in [-0.1, -0.05) is 12.3 Å². The smallest absolute Gasteiger partial charge is 0.154 e. The van der Waals surface area contributed by atoms with E-state index in [0.717, 1.165) is 11.7 Å². The summed E-state index contributed by atoms with van der Waals surface area (Å²) in [5.74, 6) is 0.241. The van der Waals surface area contributed by atoms with Crippen LogP contribution in [0.5, 0.6) is 0 Å². The van der Waals surface area contributed by atoms with Gasteiger partial charge < -0.3 is 0 Å². The highest BCUT2D eigenvalue weighted by Gasteiger charge is 2.06. The quantitative estimate of drug-likeness (QED) is 0.607. The zero-order valence-corrected chi connectivity index (χ0v) is 8.37. The SMILES string of the molecule is C[B]c1cnc(CS(C)(=O)=O)nc1. The van der Waals surface area contributed by atoms with Crippen LogP contribution in [0.4, 0.5) is 0 Å². The first-order valence-corrected chi connectivity index (χ1v) is 5.85. The first-order valence-electron chi connectivity index (χ1n) is 3.79. The molecule has 0 bridgehead atoms. The minimum absolute atomic E-state index is 0.100. The van der Waals surface area contributed by atoms with E-state index in [4.69, 9.17) is 0 Å². The monoisotopic (exact) mass is 197 g/mol. The summed E-state index contributed by atoms with van der Waals surface area (Å²) in [4.78, 5) is 7.83. The molecule has 0 unspecified atom stereocenters. The van der Waals surface area contributed by atoms with Crippen molar-refractivity contribution < 1.29 is 8.42 Å². The Bertz CT molecular complexity index is 374. The molecule has 6 heteroatoms. The van der Waals surface area contributed by atoms with Crippen molar-refractivity contribution >= 4 is 22.6 Å². The maximum absolute atomic E-state index is 10.9. The Kier molecular flexibility index (Phi) is 3.03. The van der Waals surface area contributed by atoms with E-state index in [1.165, 1.54) is 0 Å². The molecule has 1 heterocycles. The second-order valence-corrected chi connectivity index (χ2v) is 4.93. The van der Waals surface area contributed by atoms with E-state index in [1.54, 1.807) is 12.4 Å². The molecule has 0 amide bonds. The second kappa shape index (κ2) is 3.87. The summed E-state index contributed by atoms with van der Waals surface area (Å²) in [7, 11) is -1.18. The Hall–Kier alpha value is -0.905. The maximum atomic E-state index is 10.9. The molecule has 0 aliphatic rings. The fourth-order valence-electron chi connectivity index (χ4n) is 0.823. The molecule has 0 N–H and O–H groups in total. The number of hydrogen-bond donors (Lipinski definition) is 0. The molecule has 1 aromatic rings. The van der Waals surface area contributed by atoms with Crippen molar-refractivity contribution in [2.75, 3.05) is 6.26 Å². The molecule has 0 aliphatic heterocycles. The van der Waals surface area contributed by atoms with Crippen LogP contribution in [0.2, 0.25) is 6.82 Å². The van der Waals surface area contributed by atoms with Crippen molar-refractivity contribution in [2.24, 2.45) is 0 Å². The molecule has 1 aromatic heterocycles. The minimum Gasteiger partial charge on any atom is -0.241 e. The molecular formula is C7H10BN2O2S. The average Bonchev–Trinajstić information content (AvgIpc) is 2.03. The number of hydrogen-bond acceptors (Lipinski definition) is 4. The van der Waals surface area contributed by atoms with Gasteiger partial charge in [-0.05, 0) is 0 Å². The molecule has 0 saturated heterocycles. The van der Waals surface area contributed by atoms with Gasteiger partial charge in [-0.25, -0.2) is 18.4 Å². The summed E-state index contributed by atoms with van der Waals surface area (Å²) in [6, 6.07) is 0. The predicted molar refractivity (Wildman–Crippen MR) is 51.8 cm³/mol. The number of aromatic nitrogens is 2. The summed E-state index contributed by atoms with van der Waals surface area (Å²) in [5.41, 5.74) is 0.886. The first-order chi connectivity index (χ1) is 6.01. The predicted octanol–water partition coefficient (Wildman–Crippen LogP) is -0.601. The molecule has 1 radical (unpaired) electrons. The highest BCUT2D eigenvalue weighted by molar-refractivity contribution is 7.89. The fraction of sp³-hybridized carbons (Fsp3) is 0.429. The molecular weight excluding hydrogens is 187 g/mol. The Morgan fingerprint density at radius 3 is 2.31 bits per heavy atom. The fourth-order valence-corrected chi connectivity index (χ4v) is 1.44. The van der Waals surface area contributed by atoms with Crippen LogP contribution in [0.15, 0.2) is 12.4 Å². The molecule has 0 aliphatic carbocycles. The standard InChI is InChI=1S/C7H10BN2O2S/c1-8-6-3-9-7(10-4-6)5-13(2,11)12/h3-4H,5H2,1-2H3. The molecule has 0 fully saturated rings. The van der Waals surface area contributed by atoms with Crippen LogP contribution in [-0.4, -0.2) is 31.9 Å². The van der Waals surface area contributed by atoms with Crippen molar-refractivity contribution in [1.29, 1.82) is 0 Å². The highest BCUT2D eigenvalue weighted by atomic mass is 32.2. The Morgan fingerprint density at radius 1 is 1.38 bits per heavy atom. The third kappa shape index (κ3) is 3.54. The van der Waals surface area contributed by atoms with Crippen LogP contribution in [0, 0.1) is 0 Å². The molecule has 69 valence electrons. The zero-order chi connectivity index (χ0) is 9.90. The van der Waals surface area contributed by atoms with E-state index in [2.05, 4.69) is 9.97 Å². The van der Waals surface area contributed by atoms with Gasteiger partial charge in [0.1, 0.15) is 11.6 Å². The van der Waals surface area contributed by atoms with Crippen LogP contribution in [0.1, 0.15) is 5.82 Å². The lowest BCUT2D eigenvalue weighted by atomic mass is 9.75. The lowest BCUT2D eigenvalue weighted by molar-refractivity contribution is 0.599. The molecule has 13 heavy (non-hydrogen) atoms. The van der Waals surface area contributed by atoms with E-state index >= 15 is 0 Å². The largest absolute Gasteiger partial charge is 0.241 e. The van der Waals surface area contributed by atoms with Gasteiger partial charge >= 0.3 is 0 Å². The third-order valence-electron chi connectivity index (χ3n) is 1.45. The Morgan fingerprint density at radius 2 is 1.92 bits per heavy atom. The van der Waals surface area contributed by atoms with E-state index in [-0.39, 0.29) is 5.75 Å². The van der Waals surface area contributed by atoms with Crippen LogP contribution < -0.4 is 5.46 Å². The van der Waals surface area contributed by atoms with Gasteiger partial charge in [-0.2, -0.15) is 0 Å². The second-order valence-electron chi connectivity index (χ2n) is 2.79. The van der Waals surface area contributed by atoms with Gasteiger partial charge in [0.2, 0.25) is 0 Å². The highest BCUT2D eigenvalue weighted by Crippen LogP contribution is 1.94. The van der Waals surface area contributed by atoms with Gasteiger partial charge in [0.25, 0.3) is 0 Å². The minimum atomic E-state index is -3.03. The molecule has 1 rings (SSSR count). The molecule has 0 atom stereocenters. The zero-order valence-electron chi connectivity index (χ0n) is 7.56. The normalized spacial score (nSPS) is 11.2. The summed E-state index contributed by atoms with van der Waals surface area (Å²) >= 11 is 0. The molecule has 0 aromatic carbocycles. The lowest BCUT2D eigenvalue weighted by Crippen LogP contribution is -2.15. The summed E-state index contributed by atoms with van der Waals surface area (Å²) in [5, 5.41) is 0. The van der Waals surface area contributed by atoms with E-state index in [0.29, 0.717) is 5.82 Å². The van der Waals surface area contributed by atoms with Gasteiger partial charge in [0, 0.05) is 18.6 Å². The van der Waals surface area contributed by atoms with Crippen LogP contribution in [-0.2, 0) is 15.6 Å². The molecule has 4 nitrogen and oxygen atoms in total. The number of nitrogens with zero attached hydrogens (tertiary/aromatic N) is 2. The van der Waals surface area contributed by atoms with Crippen LogP contribution in [0.3, 0.4) is 0 Å². The van der Waals surface area contributed by atoms with Crippen LogP contribution in [0.25, 0.3) is 0 Å². The van der Waals surface area contributed by atoms with Crippen molar-refractivity contribution in [1.82, 2.24) is 9.97 Å². The van der Waals surface area contributed by atoms with Gasteiger partial charge in [-0.15, -0.1) is 0 Å². The lowest BCUT2D eigenvalue weighted by Gasteiger charge is -1.98. The van der Waals surface area contributed by atoms with Crippen LogP contribution >= 0.6 is 0 Å². The van der Waals surface area contributed by atoms with Crippen molar-refractivity contribution in [3.63, 3.8) is 0 Å². The third-order valence-corrected chi connectivity index (χ3v) is 2.23. The van der Waals surface area contributed by atoms with E-state index < -0.39 is 9.84 Å². The maximum Gasteiger partial charge on any atom is 0.154 e. The molecule has 0 saturated carbocycles. The first kappa shape index (κ1) is 10.2. The van der Waals surface area contributed by atoms with Gasteiger partial charge in [0.05, 0.1) is 0 Å². The molecule has 0 spiro atoms. The van der Waals surface area contributed by atoms with Gasteiger partial charge in [-0.3, -0.25) is 0 Å².